The number of carbonyl (C=O) groups excluding carboxylic acids is 2. The first kappa shape index (κ1) is 30.2. The van der Waals surface area contributed by atoms with E-state index < -0.39 is 28.5 Å². The zero-order chi connectivity index (χ0) is 28.6. The second-order valence-electron chi connectivity index (χ2n) is 9.73. The Hall–Kier alpha value is -3.36. The van der Waals surface area contributed by atoms with Gasteiger partial charge in [0.25, 0.3) is 0 Å². The van der Waals surface area contributed by atoms with Gasteiger partial charge in [-0.25, -0.2) is 8.42 Å². The highest BCUT2D eigenvalue weighted by Crippen LogP contribution is 2.24. The van der Waals surface area contributed by atoms with Crippen LogP contribution in [0.5, 0.6) is 0 Å². The van der Waals surface area contributed by atoms with Gasteiger partial charge in [-0.3, -0.25) is 13.9 Å². The molecule has 0 aliphatic rings. The number of benzene rings is 3. The third-order valence-electron chi connectivity index (χ3n) is 6.60. The predicted octanol–water partition coefficient (Wildman–Crippen LogP) is 4.97. The molecule has 0 saturated heterocycles. The van der Waals surface area contributed by atoms with E-state index in [2.05, 4.69) is 5.32 Å². The number of sulfonamides is 1. The van der Waals surface area contributed by atoms with Gasteiger partial charge in [0, 0.05) is 24.0 Å². The molecule has 0 saturated carbocycles. The van der Waals surface area contributed by atoms with Crippen molar-refractivity contribution in [3.8, 4) is 0 Å². The third kappa shape index (κ3) is 8.57. The molecule has 3 rings (SSSR count). The summed E-state index contributed by atoms with van der Waals surface area (Å²) in [6, 6.07) is 22.5. The van der Waals surface area contributed by atoms with Crippen molar-refractivity contribution in [2.75, 3.05) is 17.1 Å². The van der Waals surface area contributed by atoms with Crippen LogP contribution in [0.15, 0.2) is 78.9 Å². The number of anilines is 1. The number of carbonyl (C=O) groups is 2. The van der Waals surface area contributed by atoms with Crippen molar-refractivity contribution in [3.05, 3.63) is 101 Å². The van der Waals surface area contributed by atoms with E-state index in [1.807, 2.05) is 50.2 Å². The van der Waals surface area contributed by atoms with Gasteiger partial charge < -0.3 is 10.2 Å². The van der Waals surface area contributed by atoms with Gasteiger partial charge in [0.2, 0.25) is 21.8 Å². The Kier molecular flexibility index (Phi) is 10.5. The fraction of sp³-hybridized carbons (Fsp3) is 0.333. The molecule has 3 aromatic carbocycles. The Morgan fingerprint density at radius 2 is 1.54 bits per heavy atom. The van der Waals surface area contributed by atoms with Crippen molar-refractivity contribution in [1.82, 2.24) is 10.2 Å². The smallest absolute Gasteiger partial charge is 0.244 e. The molecule has 2 unspecified atom stereocenters. The molecule has 9 heteroatoms. The topological polar surface area (TPSA) is 86.8 Å². The van der Waals surface area contributed by atoms with Crippen molar-refractivity contribution < 1.29 is 18.0 Å². The first-order valence-corrected chi connectivity index (χ1v) is 15.1. The number of amides is 2. The zero-order valence-electron chi connectivity index (χ0n) is 22.8. The number of rotatable bonds is 12. The van der Waals surface area contributed by atoms with E-state index in [-0.39, 0.29) is 24.9 Å². The first-order valence-electron chi connectivity index (χ1n) is 12.9. The molecule has 39 heavy (non-hydrogen) atoms. The Morgan fingerprint density at radius 1 is 0.923 bits per heavy atom. The Bertz CT molecular complexity index is 1360. The normalized spacial score (nSPS) is 12.8. The molecule has 2 amide bonds. The maximum atomic E-state index is 14.1. The van der Waals surface area contributed by atoms with Gasteiger partial charge in [0.1, 0.15) is 12.6 Å². The molecule has 0 heterocycles. The molecule has 208 valence electrons. The van der Waals surface area contributed by atoms with Crippen LogP contribution in [0.1, 0.15) is 37.0 Å². The van der Waals surface area contributed by atoms with E-state index in [0.717, 1.165) is 33.7 Å². The lowest BCUT2D eigenvalue weighted by molar-refractivity contribution is -0.140. The van der Waals surface area contributed by atoms with Gasteiger partial charge in [-0.05, 0) is 55.2 Å². The van der Waals surface area contributed by atoms with E-state index in [4.69, 9.17) is 11.6 Å². The maximum absolute atomic E-state index is 14.1. The summed E-state index contributed by atoms with van der Waals surface area (Å²) in [5.41, 5.74) is 2.79. The molecule has 7 nitrogen and oxygen atoms in total. The molecule has 0 aliphatic heterocycles. The van der Waals surface area contributed by atoms with Crippen LogP contribution in [0.25, 0.3) is 0 Å². The molecule has 0 aliphatic carbocycles. The molecular formula is C30H36ClN3O4S. The number of nitrogens with zero attached hydrogens (tertiary/aromatic N) is 2. The predicted molar refractivity (Wildman–Crippen MR) is 157 cm³/mol. The van der Waals surface area contributed by atoms with E-state index in [1.54, 1.807) is 49.4 Å². The highest BCUT2D eigenvalue weighted by atomic mass is 35.5. The molecule has 0 bridgehead atoms. The molecule has 0 aromatic heterocycles. The van der Waals surface area contributed by atoms with Crippen molar-refractivity contribution >= 4 is 39.1 Å². The number of hydrogen-bond acceptors (Lipinski definition) is 4. The molecule has 0 spiro atoms. The summed E-state index contributed by atoms with van der Waals surface area (Å²) in [5.74, 6) is -0.781. The monoisotopic (exact) mass is 569 g/mol. The molecular weight excluding hydrogens is 534 g/mol. The quantitative estimate of drug-likeness (QED) is 0.334. The Morgan fingerprint density at radius 3 is 2.13 bits per heavy atom. The van der Waals surface area contributed by atoms with Gasteiger partial charge in [-0.15, -0.1) is 0 Å². The van der Waals surface area contributed by atoms with Gasteiger partial charge >= 0.3 is 0 Å². The number of nitrogens with one attached hydrogen (secondary N) is 1. The molecule has 0 radical (unpaired) electrons. The summed E-state index contributed by atoms with van der Waals surface area (Å²) in [7, 11) is -3.81. The maximum Gasteiger partial charge on any atom is 0.244 e. The summed E-state index contributed by atoms with van der Waals surface area (Å²) in [4.78, 5) is 29.2. The van der Waals surface area contributed by atoms with Crippen LogP contribution in [-0.4, -0.2) is 50.0 Å². The number of para-hydroxylation sites is 1. The van der Waals surface area contributed by atoms with Crippen LogP contribution in [0.2, 0.25) is 5.02 Å². The third-order valence-corrected chi connectivity index (χ3v) is 7.98. The Balaban J connectivity index is 2.06. The van der Waals surface area contributed by atoms with Crippen LogP contribution in [0, 0.1) is 6.92 Å². The molecule has 0 fully saturated rings. The summed E-state index contributed by atoms with van der Waals surface area (Å²) in [6.07, 6.45) is 2.07. The highest BCUT2D eigenvalue weighted by Gasteiger charge is 2.33. The standard InChI is InChI=1S/C30H36ClN3O4S/c1-5-23(3)32-30(36)28(19-24-12-7-6-8-13-24)33(20-25-15-17-26(31)18-16-25)29(35)21-34(39(4,37)38)27-14-10-9-11-22(27)2/h6-18,23,28H,5,19-21H2,1-4H3,(H,32,36). The SMILES string of the molecule is CCC(C)NC(=O)C(Cc1ccccc1)N(Cc1ccc(Cl)cc1)C(=O)CN(c1ccccc1C)S(C)(=O)=O. The zero-order valence-corrected chi connectivity index (χ0v) is 24.4. The molecule has 1 N–H and O–H groups in total. The lowest BCUT2D eigenvalue weighted by Gasteiger charge is -2.34. The van der Waals surface area contributed by atoms with Crippen LogP contribution < -0.4 is 9.62 Å². The number of hydrogen-bond donors (Lipinski definition) is 1. The minimum atomic E-state index is -3.81. The van der Waals surface area contributed by atoms with Gasteiger partial charge in [-0.2, -0.15) is 0 Å². The van der Waals surface area contributed by atoms with Crippen LogP contribution >= 0.6 is 11.6 Å². The van der Waals surface area contributed by atoms with Crippen LogP contribution in [0.4, 0.5) is 5.69 Å². The van der Waals surface area contributed by atoms with Crippen molar-refractivity contribution in [3.63, 3.8) is 0 Å². The average molecular weight is 570 g/mol. The lowest BCUT2D eigenvalue weighted by Crippen LogP contribution is -2.54. The largest absolute Gasteiger partial charge is 0.352 e. The fourth-order valence-corrected chi connectivity index (χ4v) is 5.25. The molecule has 3 aromatic rings. The van der Waals surface area contributed by atoms with Crippen LogP contribution in [-0.2, 0) is 32.6 Å². The number of halogens is 1. The van der Waals surface area contributed by atoms with Crippen molar-refractivity contribution in [1.29, 1.82) is 0 Å². The minimum Gasteiger partial charge on any atom is -0.352 e. The van der Waals surface area contributed by atoms with Gasteiger partial charge in [0.15, 0.2) is 0 Å². The highest BCUT2D eigenvalue weighted by molar-refractivity contribution is 7.92. The van der Waals surface area contributed by atoms with E-state index in [1.165, 1.54) is 4.90 Å². The fourth-order valence-electron chi connectivity index (χ4n) is 4.22. The van der Waals surface area contributed by atoms with Gasteiger partial charge in [0.05, 0.1) is 11.9 Å². The van der Waals surface area contributed by atoms with E-state index in [9.17, 15) is 18.0 Å². The van der Waals surface area contributed by atoms with Crippen molar-refractivity contribution in [2.24, 2.45) is 0 Å². The van der Waals surface area contributed by atoms with E-state index in [0.29, 0.717) is 10.7 Å². The van der Waals surface area contributed by atoms with Gasteiger partial charge in [-0.1, -0.05) is 79.2 Å². The van der Waals surface area contributed by atoms with E-state index >= 15 is 0 Å². The van der Waals surface area contributed by atoms with Crippen LogP contribution in [0.3, 0.4) is 0 Å². The second kappa shape index (κ2) is 13.6. The average Bonchev–Trinajstić information content (AvgIpc) is 2.90. The lowest BCUT2D eigenvalue weighted by atomic mass is 10.0. The summed E-state index contributed by atoms with van der Waals surface area (Å²) >= 11 is 6.09. The first-order chi connectivity index (χ1) is 18.5. The molecule has 2 atom stereocenters. The minimum absolute atomic E-state index is 0.0947. The summed E-state index contributed by atoms with van der Waals surface area (Å²) in [5, 5.41) is 3.57. The van der Waals surface area contributed by atoms with Crippen molar-refractivity contribution in [2.45, 2.75) is 52.2 Å². The Labute approximate surface area is 236 Å². The summed E-state index contributed by atoms with van der Waals surface area (Å²) < 4.78 is 26.9. The second-order valence-corrected chi connectivity index (χ2v) is 12.1. The number of aryl methyl sites for hydroxylation is 1. The summed E-state index contributed by atoms with van der Waals surface area (Å²) in [6.45, 7) is 5.33.